The maximum atomic E-state index is 13.3. The van der Waals surface area contributed by atoms with Gasteiger partial charge in [-0.1, -0.05) is 42.5 Å². The van der Waals surface area contributed by atoms with Crippen LogP contribution in [-0.2, 0) is 13.1 Å². The van der Waals surface area contributed by atoms with Crippen LogP contribution in [0.3, 0.4) is 0 Å². The molecule has 0 aliphatic carbocycles. The van der Waals surface area contributed by atoms with E-state index in [0.717, 1.165) is 12.1 Å². The number of H-pyrrole nitrogens is 3. The number of nitrogens with zero attached hydrogens (tertiary/aromatic N) is 1. The molecule has 9 nitrogen and oxygen atoms in total. The molecule has 0 saturated carbocycles. The molecule has 0 aliphatic rings. The van der Waals surface area contributed by atoms with E-state index in [4.69, 9.17) is 0 Å². The van der Waals surface area contributed by atoms with Crippen LogP contribution in [0, 0.1) is 0 Å². The van der Waals surface area contributed by atoms with Crippen molar-refractivity contribution in [3.05, 3.63) is 121 Å². The third-order valence-corrected chi connectivity index (χ3v) is 5.27. The fourth-order valence-electron chi connectivity index (χ4n) is 3.64. The Hall–Kier alpha value is -4.87. The van der Waals surface area contributed by atoms with Crippen molar-refractivity contribution in [1.29, 1.82) is 0 Å². The van der Waals surface area contributed by atoms with E-state index in [1.165, 1.54) is 35.4 Å². The Balaban J connectivity index is 1.75. The predicted molar refractivity (Wildman–Crippen MR) is 127 cm³/mol. The second kappa shape index (κ2) is 10.4. The number of halogens is 3. The van der Waals surface area contributed by atoms with Crippen LogP contribution in [0.2, 0.25) is 0 Å². The summed E-state index contributed by atoms with van der Waals surface area (Å²) in [7, 11) is 0. The molecule has 0 fully saturated rings. The highest BCUT2D eigenvalue weighted by molar-refractivity contribution is 5.92. The van der Waals surface area contributed by atoms with E-state index < -0.39 is 29.3 Å². The number of amides is 1. The molecule has 0 unspecified atom stereocenters. The summed E-state index contributed by atoms with van der Waals surface area (Å²) >= 11 is 0. The van der Waals surface area contributed by atoms with Gasteiger partial charge in [0.1, 0.15) is 11.4 Å². The van der Waals surface area contributed by atoms with Crippen molar-refractivity contribution in [2.75, 3.05) is 0 Å². The molecule has 4 rings (SSSR count). The van der Waals surface area contributed by atoms with E-state index in [-0.39, 0.29) is 29.9 Å². The van der Waals surface area contributed by atoms with Crippen molar-refractivity contribution in [2.24, 2.45) is 0 Å². The Kier molecular flexibility index (Phi) is 7.09. The maximum absolute atomic E-state index is 13.3. The molecule has 4 aromatic rings. The normalized spacial score (nSPS) is 11.2. The molecule has 0 atom stereocenters. The van der Waals surface area contributed by atoms with Crippen molar-refractivity contribution >= 4 is 5.91 Å². The van der Waals surface area contributed by atoms with Gasteiger partial charge in [0.2, 0.25) is 5.56 Å². The summed E-state index contributed by atoms with van der Waals surface area (Å²) < 4.78 is 44.1. The molecule has 2 aromatic carbocycles. The average Bonchev–Trinajstić information content (AvgIpc) is 2.84. The Morgan fingerprint density at radius 3 is 2.22 bits per heavy atom. The number of carbonyl (C=O) groups excluding carboxylic acids is 1. The molecule has 12 heteroatoms. The standard InChI is InChI=1S/C25H19F3N4O5/c26-25(27,28)37-20-10-16(17-8-9-21(33)29-12-17)6-7-18(20)14-32(13-15-4-2-1-3-5-15)23(35)19-11-22(34)31-24(36)30-19/h1-12H,13-14H2,(H,29,33)(H2,30,31,34,36). The highest BCUT2D eigenvalue weighted by Crippen LogP contribution is 2.32. The van der Waals surface area contributed by atoms with Crippen LogP contribution in [0.15, 0.2) is 87.3 Å². The van der Waals surface area contributed by atoms with Gasteiger partial charge >= 0.3 is 12.1 Å². The third-order valence-electron chi connectivity index (χ3n) is 5.27. The Morgan fingerprint density at radius 2 is 1.57 bits per heavy atom. The maximum Gasteiger partial charge on any atom is 0.573 e. The largest absolute Gasteiger partial charge is 0.573 e. The topological polar surface area (TPSA) is 128 Å². The zero-order valence-corrected chi connectivity index (χ0v) is 19.0. The van der Waals surface area contributed by atoms with E-state index in [1.54, 1.807) is 30.3 Å². The van der Waals surface area contributed by atoms with Crippen LogP contribution in [0.25, 0.3) is 11.1 Å². The minimum atomic E-state index is -5.02. The highest BCUT2D eigenvalue weighted by Gasteiger charge is 2.33. The van der Waals surface area contributed by atoms with Gasteiger partial charge in [-0.2, -0.15) is 0 Å². The molecule has 0 bridgehead atoms. The van der Waals surface area contributed by atoms with Crippen molar-refractivity contribution in [3.63, 3.8) is 0 Å². The Morgan fingerprint density at radius 1 is 0.838 bits per heavy atom. The number of aromatic amines is 3. The minimum Gasteiger partial charge on any atom is -0.405 e. The van der Waals surface area contributed by atoms with Crippen LogP contribution in [-0.4, -0.2) is 32.1 Å². The zero-order valence-electron chi connectivity index (χ0n) is 19.0. The molecule has 0 spiro atoms. The summed E-state index contributed by atoms with van der Waals surface area (Å²) in [5, 5.41) is 0. The number of hydrogen-bond donors (Lipinski definition) is 3. The van der Waals surface area contributed by atoms with Crippen molar-refractivity contribution in [1.82, 2.24) is 19.9 Å². The Labute approximate surface area is 206 Å². The highest BCUT2D eigenvalue weighted by atomic mass is 19.4. The molecule has 3 N–H and O–H groups in total. The molecule has 0 aliphatic heterocycles. The number of aromatic nitrogens is 3. The van der Waals surface area contributed by atoms with E-state index in [1.807, 2.05) is 4.98 Å². The number of carbonyl (C=O) groups is 1. The molecule has 2 aromatic heterocycles. The fourth-order valence-corrected chi connectivity index (χ4v) is 3.64. The van der Waals surface area contributed by atoms with Gasteiger partial charge in [-0.25, -0.2) is 4.79 Å². The zero-order chi connectivity index (χ0) is 26.6. The second-order valence-electron chi connectivity index (χ2n) is 7.96. The van der Waals surface area contributed by atoms with Gasteiger partial charge in [0, 0.05) is 30.4 Å². The first-order valence-electron chi connectivity index (χ1n) is 10.8. The number of rotatable bonds is 7. The van der Waals surface area contributed by atoms with Crippen LogP contribution in [0.4, 0.5) is 13.2 Å². The first kappa shape index (κ1) is 25.2. The Bertz CT molecular complexity index is 1540. The number of nitrogens with one attached hydrogen (secondary N) is 3. The van der Waals surface area contributed by atoms with E-state index in [0.29, 0.717) is 16.7 Å². The molecule has 190 valence electrons. The van der Waals surface area contributed by atoms with Gasteiger partial charge in [0.05, 0.1) is 6.54 Å². The molecule has 0 saturated heterocycles. The monoisotopic (exact) mass is 512 g/mol. The summed E-state index contributed by atoms with van der Waals surface area (Å²) in [4.78, 5) is 55.9. The van der Waals surface area contributed by atoms with Crippen LogP contribution in [0.5, 0.6) is 5.75 Å². The lowest BCUT2D eigenvalue weighted by Crippen LogP contribution is -2.34. The summed E-state index contributed by atoms with van der Waals surface area (Å²) in [5.74, 6) is -1.34. The first-order valence-corrected chi connectivity index (χ1v) is 10.8. The van der Waals surface area contributed by atoms with Gasteiger partial charge in [-0.15, -0.1) is 13.2 Å². The summed E-state index contributed by atoms with van der Waals surface area (Å²) in [6.45, 7) is -0.387. The van der Waals surface area contributed by atoms with E-state index in [2.05, 4.69) is 14.7 Å². The quantitative estimate of drug-likeness (QED) is 0.351. The second-order valence-corrected chi connectivity index (χ2v) is 7.96. The molecule has 37 heavy (non-hydrogen) atoms. The van der Waals surface area contributed by atoms with Gasteiger partial charge in [-0.05, 0) is 28.8 Å². The molecular formula is C25H19F3N4O5. The van der Waals surface area contributed by atoms with Crippen molar-refractivity contribution < 1.29 is 22.7 Å². The number of alkyl halides is 3. The van der Waals surface area contributed by atoms with Gasteiger partial charge < -0.3 is 19.6 Å². The number of hydrogen-bond acceptors (Lipinski definition) is 5. The smallest absolute Gasteiger partial charge is 0.405 e. The van der Waals surface area contributed by atoms with Gasteiger partial charge in [-0.3, -0.25) is 19.4 Å². The predicted octanol–water partition coefficient (Wildman–Crippen LogP) is 3.16. The molecule has 1 amide bonds. The number of benzene rings is 2. The fraction of sp³-hybridized carbons (Fsp3) is 0.120. The lowest BCUT2D eigenvalue weighted by atomic mass is 10.0. The summed E-state index contributed by atoms with van der Waals surface area (Å²) in [5.41, 5.74) is -0.962. The van der Waals surface area contributed by atoms with Crippen molar-refractivity contribution in [3.8, 4) is 16.9 Å². The number of pyridine rings is 1. The molecule has 2 heterocycles. The van der Waals surface area contributed by atoms with Gasteiger partial charge in [0.25, 0.3) is 11.5 Å². The van der Waals surface area contributed by atoms with Crippen LogP contribution < -0.4 is 21.5 Å². The van der Waals surface area contributed by atoms with Crippen LogP contribution >= 0.6 is 0 Å². The van der Waals surface area contributed by atoms with Crippen molar-refractivity contribution in [2.45, 2.75) is 19.5 Å². The summed E-state index contributed by atoms with van der Waals surface area (Å²) in [6.07, 6.45) is -3.67. The SMILES string of the molecule is O=C(c1cc(=O)[nH]c(=O)[nH]1)N(Cc1ccccc1)Cc1ccc(-c2ccc(=O)[nH]c2)cc1OC(F)(F)F. The number of ether oxygens (including phenoxy) is 1. The lowest BCUT2D eigenvalue weighted by Gasteiger charge is -2.24. The lowest BCUT2D eigenvalue weighted by molar-refractivity contribution is -0.274. The summed E-state index contributed by atoms with van der Waals surface area (Å²) in [6, 6.07) is 16.3. The average molecular weight is 512 g/mol. The molecule has 0 radical (unpaired) electrons. The first-order chi connectivity index (χ1) is 17.6. The third kappa shape index (κ3) is 6.63. The minimum absolute atomic E-state index is 0.0157. The van der Waals surface area contributed by atoms with Gasteiger partial charge in [0.15, 0.2) is 0 Å². The van der Waals surface area contributed by atoms with E-state index >= 15 is 0 Å². The molecular weight excluding hydrogens is 493 g/mol. The van der Waals surface area contributed by atoms with Crippen LogP contribution in [0.1, 0.15) is 21.6 Å². The van der Waals surface area contributed by atoms with E-state index in [9.17, 15) is 32.3 Å².